The van der Waals surface area contributed by atoms with Crippen molar-refractivity contribution in [1.82, 2.24) is 4.72 Å². The SMILES string of the molecule is C/C(=C\c1ccc2c(c1)N(S(=O)(=O)c1cccc(C(F)(F)F)c1)[C@H](C)[C@H](NS(C)(=O)=O)C2)c1c(F)cccc1Cl. The van der Waals surface area contributed by atoms with Crippen molar-refractivity contribution in [2.45, 2.75) is 43.4 Å². The number of hydrogen-bond acceptors (Lipinski definition) is 4. The van der Waals surface area contributed by atoms with E-state index in [9.17, 15) is 34.4 Å². The van der Waals surface area contributed by atoms with Crippen molar-refractivity contribution in [3.63, 3.8) is 0 Å². The lowest BCUT2D eigenvalue weighted by Crippen LogP contribution is -2.56. The summed E-state index contributed by atoms with van der Waals surface area (Å²) in [5, 5.41) is 0.184. The van der Waals surface area contributed by atoms with Crippen molar-refractivity contribution in [1.29, 1.82) is 0 Å². The maximum Gasteiger partial charge on any atom is 0.416 e. The van der Waals surface area contributed by atoms with Gasteiger partial charge >= 0.3 is 6.18 Å². The van der Waals surface area contributed by atoms with Crippen molar-refractivity contribution in [3.8, 4) is 0 Å². The van der Waals surface area contributed by atoms with Gasteiger partial charge in [-0.3, -0.25) is 4.31 Å². The zero-order valence-corrected chi connectivity index (χ0v) is 23.9. The predicted molar refractivity (Wildman–Crippen MR) is 147 cm³/mol. The van der Waals surface area contributed by atoms with Crippen molar-refractivity contribution in [2.24, 2.45) is 0 Å². The van der Waals surface area contributed by atoms with Gasteiger partial charge in [0, 0.05) is 11.6 Å². The average molecular weight is 617 g/mol. The Morgan fingerprint density at radius 3 is 2.35 bits per heavy atom. The first-order valence-electron chi connectivity index (χ1n) is 11.9. The largest absolute Gasteiger partial charge is 0.416 e. The maximum atomic E-state index is 14.5. The number of halogens is 5. The fourth-order valence-corrected chi connectivity index (χ4v) is 7.65. The first-order valence-corrected chi connectivity index (χ1v) is 15.6. The fraction of sp³-hybridized carbons (Fsp3) is 0.259. The summed E-state index contributed by atoms with van der Waals surface area (Å²) in [5.74, 6) is -0.545. The molecule has 1 N–H and O–H groups in total. The Morgan fingerprint density at radius 2 is 1.73 bits per heavy atom. The van der Waals surface area contributed by atoms with Crippen LogP contribution in [0.3, 0.4) is 0 Å². The smallest absolute Gasteiger partial charge is 0.262 e. The monoisotopic (exact) mass is 616 g/mol. The molecule has 40 heavy (non-hydrogen) atoms. The summed E-state index contributed by atoms with van der Waals surface area (Å²) in [5.41, 5.74) is 0.572. The van der Waals surface area contributed by atoms with Crippen molar-refractivity contribution >= 4 is 49.0 Å². The summed E-state index contributed by atoms with van der Waals surface area (Å²) in [6, 6.07) is 10.5. The van der Waals surface area contributed by atoms with Gasteiger partial charge in [0.25, 0.3) is 10.0 Å². The minimum atomic E-state index is -4.78. The topological polar surface area (TPSA) is 83.6 Å². The Kier molecular flexibility index (Phi) is 8.12. The maximum absolute atomic E-state index is 14.5. The van der Waals surface area contributed by atoms with Gasteiger partial charge in [-0.1, -0.05) is 41.9 Å². The van der Waals surface area contributed by atoms with Crippen LogP contribution in [-0.4, -0.2) is 35.2 Å². The molecule has 0 fully saturated rings. The van der Waals surface area contributed by atoms with E-state index < -0.39 is 54.6 Å². The normalized spacial score (nSPS) is 18.5. The molecule has 0 saturated carbocycles. The number of allylic oxidation sites excluding steroid dienone is 1. The van der Waals surface area contributed by atoms with Gasteiger partial charge in [0.15, 0.2) is 0 Å². The highest BCUT2D eigenvalue weighted by Gasteiger charge is 2.41. The third-order valence-corrected chi connectivity index (χ3v) is 9.51. The van der Waals surface area contributed by atoms with Crippen LogP contribution >= 0.6 is 11.6 Å². The molecule has 2 atom stereocenters. The summed E-state index contributed by atoms with van der Waals surface area (Å²) < 4.78 is 110. The van der Waals surface area contributed by atoms with Gasteiger partial charge in [0.1, 0.15) is 5.82 Å². The minimum Gasteiger partial charge on any atom is -0.262 e. The summed E-state index contributed by atoms with van der Waals surface area (Å²) in [7, 11) is -8.37. The average Bonchev–Trinajstić information content (AvgIpc) is 2.83. The Balaban J connectivity index is 1.88. The molecule has 0 spiro atoms. The fourth-order valence-electron chi connectivity index (χ4n) is 4.75. The number of nitrogens with one attached hydrogen (secondary N) is 1. The predicted octanol–water partition coefficient (Wildman–Crippen LogP) is 6.12. The molecule has 0 saturated heterocycles. The summed E-state index contributed by atoms with van der Waals surface area (Å²) in [4.78, 5) is -0.601. The van der Waals surface area contributed by atoms with E-state index in [0.717, 1.165) is 28.8 Å². The van der Waals surface area contributed by atoms with Crippen LogP contribution in [0.2, 0.25) is 5.02 Å². The highest BCUT2D eigenvalue weighted by atomic mass is 35.5. The molecular weight excluding hydrogens is 592 g/mol. The molecule has 6 nitrogen and oxygen atoms in total. The van der Waals surface area contributed by atoms with E-state index in [1.807, 2.05) is 0 Å². The summed E-state index contributed by atoms with van der Waals surface area (Å²) in [6.07, 6.45) is -2.11. The number of nitrogens with zero attached hydrogens (tertiary/aromatic N) is 1. The van der Waals surface area contributed by atoms with E-state index in [0.29, 0.717) is 22.8 Å². The number of anilines is 1. The Morgan fingerprint density at radius 1 is 1.05 bits per heavy atom. The van der Waals surface area contributed by atoms with Crippen LogP contribution in [0.15, 0.2) is 65.6 Å². The lowest BCUT2D eigenvalue weighted by molar-refractivity contribution is -0.137. The van der Waals surface area contributed by atoms with Crippen LogP contribution < -0.4 is 9.03 Å². The van der Waals surface area contributed by atoms with Crippen LogP contribution in [0.4, 0.5) is 23.2 Å². The van der Waals surface area contributed by atoms with E-state index >= 15 is 0 Å². The summed E-state index contributed by atoms with van der Waals surface area (Å²) >= 11 is 6.19. The molecule has 1 aliphatic heterocycles. The lowest BCUT2D eigenvalue weighted by Gasteiger charge is -2.41. The molecule has 0 radical (unpaired) electrons. The summed E-state index contributed by atoms with van der Waals surface area (Å²) in [6.45, 7) is 3.11. The molecule has 4 rings (SSSR count). The molecular formula is C27H25ClF4N2O4S2. The Hall–Kier alpha value is -2.93. The van der Waals surface area contributed by atoms with Gasteiger partial charge in [0.2, 0.25) is 10.0 Å². The van der Waals surface area contributed by atoms with E-state index in [-0.39, 0.29) is 22.7 Å². The second kappa shape index (κ2) is 10.8. The standard InChI is InChI=1S/C27H25ClF4N2O4S2/c1-16(26-22(28)8-5-9-23(26)29)12-18-10-11-19-14-24(33-39(3,35)36)17(2)34(25(19)13-18)40(37,38)21-7-4-6-20(15-21)27(30,31)32/h4-13,15,17,24,33H,14H2,1-3H3/b16-12+/t17-,24-/m1/s1. The van der Waals surface area contributed by atoms with Crippen LogP contribution in [0.5, 0.6) is 0 Å². The van der Waals surface area contributed by atoms with Gasteiger partial charge in [0.05, 0.1) is 33.5 Å². The van der Waals surface area contributed by atoms with Gasteiger partial charge in [-0.15, -0.1) is 0 Å². The van der Waals surface area contributed by atoms with E-state index in [1.54, 1.807) is 25.1 Å². The second-order valence-corrected chi connectivity index (χ2v) is 13.6. The molecule has 1 aliphatic rings. The molecule has 3 aromatic carbocycles. The van der Waals surface area contributed by atoms with Crippen LogP contribution in [0, 0.1) is 5.82 Å². The quantitative estimate of drug-likeness (QED) is 0.267. The third-order valence-electron chi connectivity index (χ3n) is 6.56. The Labute approximate surface area is 235 Å². The van der Waals surface area contributed by atoms with Gasteiger partial charge in [-0.25, -0.2) is 25.9 Å². The van der Waals surface area contributed by atoms with Crippen molar-refractivity contribution in [2.75, 3.05) is 10.6 Å². The number of fused-ring (bicyclic) bond motifs is 1. The first kappa shape index (κ1) is 30.0. The molecule has 0 aliphatic carbocycles. The molecule has 214 valence electrons. The first-order chi connectivity index (χ1) is 18.5. The highest BCUT2D eigenvalue weighted by molar-refractivity contribution is 7.93. The molecule has 0 bridgehead atoms. The zero-order valence-electron chi connectivity index (χ0n) is 21.5. The molecule has 0 amide bonds. The van der Waals surface area contributed by atoms with Gasteiger partial charge in [-0.05, 0) is 73.4 Å². The molecule has 1 heterocycles. The van der Waals surface area contributed by atoms with Crippen LogP contribution in [0.25, 0.3) is 11.6 Å². The lowest BCUT2D eigenvalue weighted by atomic mass is 9.93. The third kappa shape index (κ3) is 6.19. The van der Waals surface area contributed by atoms with Crippen LogP contribution in [-0.2, 0) is 32.6 Å². The molecule has 13 heteroatoms. The second-order valence-electron chi connectivity index (χ2n) is 9.58. The minimum absolute atomic E-state index is 0.125. The number of rotatable bonds is 6. The number of hydrogen-bond donors (Lipinski definition) is 1. The Bertz CT molecular complexity index is 1690. The zero-order chi connectivity index (χ0) is 29.6. The van der Waals surface area contributed by atoms with Crippen molar-refractivity contribution in [3.05, 3.63) is 93.8 Å². The number of benzene rings is 3. The number of sulfonamides is 2. The van der Waals surface area contributed by atoms with Gasteiger partial charge in [-0.2, -0.15) is 13.2 Å². The van der Waals surface area contributed by atoms with Gasteiger partial charge < -0.3 is 0 Å². The van der Waals surface area contributed by atoms with Crippen molar-refractivity contribution < 1.29 is 34.4 Å². The highest BCUT2D eigenvalue weighted by Crippen LogP contribution is 2.39. The van der Waals surface area contributed by atoms with E-state index in [1.165, 1.54) is 31.2 Å². The molecule has 0 aromatic heterocycles. The molecule has 0 unspecified atom stereocenters. The van der Waals surface area contributed by atoms with E-state index in [2.05, 4.69) is 4.72 Å². The number of alkyl halides is 3. The van der Waals surface area contributed by atoms with E-state index in [4.69, 9.17) is 11.6 Å². The molecule has 3 aromatic rings. The van der Waals surface area contributed by atoms with Crippen LogP contribution in [0.1, 0.15) is 36.1 Å².